The third-order valence-corrected chi connectivity index (χ3v) is 4.33. The molecule has 3 rings (SSSR count). The fourth-order valence-electron chi connectivity index (χ4n) is 2.87. The van der Waals surface area contributed by atoms with Crippen molar-refractivity contribution in [2.75, 3.05) is 14.2 Å². The normalized spacial score (nSPS) is 10.6. The molecule has 0 unspecified atom stereocenters. The molecule has 2 aromatic carbocycles. The minimum absolute atomic E-state index is 0. The average molecular weight is 475 g/mol. The predicted octanol–water partition coefficient (Wildman–Crippen LogP) is 4.95. The molecule has 0 aliphatic rings. The topological polar surface area (TPSA) is 114 Å². The van der Waals surface area contributed by atoms with Gasteiger partial charge >= 0.3 is 6.03 Å². The molecule has 0 aliphatic heterocycles. The number of primary amides is 1. The third kappa shape index (κ3) is 10.7. The molecule has 0 fully saturated rings. The summed E-state index contributed by atoms with van der Waals surface area (Å²) >= 11 is 0. The maximum absolute atomic E-state index is 12.3. The summed E-state index contributed by atoms with van der Waals surface area (Å²) in [6, 6.07) is 15.7. The number of nitrogens with one attached hydrogen (secondary N) is 1. The molecule has 8 heteroatoms. The Morgan fingerprint density at radius 1 is 1.24 bits per heavy atom. The second-order valence-corrected chi connectivity index (χ2v) is 7.06. The molecule has 2 amide bonds. The van der Waals surface area contributed by atoms with Crippen molar-refractivity contribution in [3.8, 4) is 0 Å². The van der Waals surface area contributed by atoms with E-state index in [9.17, 15) is 9.18 Å². The van der Waals surface area contributed by atoms with Crippen molar-refractivity contribution in [3.05, 3.63) is 108 Å². The number of benzene rings is 2. The zero-order valence-electron chi connectivity index (χ0n) is 20.2. The summed E-state index contributed by atoms with van der Waals surface area (Å²) in [6.45, 7) is 7.68. The molecule has 0 saturated heterocycles. The van der Waals surface area contributed by atoms with Gasteiger partial charge in [-0.2, -0.15) is 0 Å². The van der Waals surface area contributed by atoms with Crippen LogP contribution in [-0.2, 0) is 11.2 Å². The molecule has 7 nitrogen and oxygen atoms in total. The van der Waals surface area contributed by atoms with E-state index in [4.69, 9.17) is 5.73 Å². The number of aromatic nitrogens is 2. The minimum Gasteiger partial charge on any atom is -0.412 e. The molecule has 1 aromatic heterocycles. The number of allylic oxidation sites excluding steroid dienone is 3. The molecule has 0 aliphatic carbocycles. The van der Waals surface area contributed by atoms with E-state index in [0.717, 1.165) is 11.3 Å². The Morgan fingerprint density at radius 3 is 2.32 bits per heavy atom. The first-order valence-corrected chi connectivity index (χ1v) is 10.4. The summed E-state index contributed by atoms with van der Waals surface area (Å²) in [5.41, 5.74) is 7.88. The van der Waals surface area contributed by atoms with Crippen LogP contribution in [0.25, 0.3) is 5.70 Å². The highest BCUT2D eigenvalue weighted by Gasteiger charge is 2.19. The molecule has 3 aromatic rings. The highest BCUT2D eigenvalue weighted by Crippen LogP contribution is 2.20. The van der Waals surface area contributed by atoms with Crippen molar-refractivity contribution in [2.45, 2.75) is 26.3 Å². The number of methoxy groups -OCH3 is 1. The number of urea groups is 1. The van der Waals surface area contributed by atoms with Crippen LogP contribution in [0.15, 0.2) is 85.7 Å². The van der Waals surface area contributed by atoms with Crippen molar-refractivity contribution in [2.24, 2.45) is 5.73 Å². The molecule has 188 valence electrons. The predicted molar refractivity (Wildman–Crippen MR) is 140 cm³/mol. The zero-order valence-corrected chi connectivity index (χ0v) is 20.2. The molecular formula is C26H39FN4O3. The quantitative estimate of drug-likeness (QED) is 0.493. The molecule has 0 bridgehead atoms. The highest BCUT2D eigenvalue weighted by atomic mass is 19.1. The van der Waals surface area contributed by atoms with E-state index in [1.165, 1.54) is 6.07 Å². The van der Waals surface area contributed by atoms with Gasteiger partial charge in [0.1, 0.15) is 11.6 Å². The summed E-state index contributed by atoms with van der Waals surface area (Å²) < 4.78 is 18.4. The van der Waals surface area contributed by atoms with E-state index in [2.05, 4.69) is 21.6 Å². The van der Waals surface area contributed by atoms with Crippen LogP contribution in [0.3, 0.4) is 0 Å². The molecule has 0 spiro atoms. The number of carbonyl (C=O) groups is 1. The molecule has 1 heterocycles. The van der Waals surface area contributed by atoms with Gasteiger partial charge in [-0.1, -0.05) is 61.2 Å². The van der Waals surface area contributed by atoms with E-state index < -0.39 is 6.03 Å². The number of carbonyl (C=O) groups excluding carboxylic acids is 1. The number of nitrogens with zero attached hydrogens (tertiary/aromatic N) is 2. The Kier molecular flexibility index (Phi) is 15.0. The van der Waals surface area contributed by atoms with Gasteiger partial charge in [-0.3, -0.25) is 0 Å². The largest absolute Gasteiger partial charge is 0.412 e. The number of halogens is 1. The van der Waals surface area contributed by atoms with Crippen LogP contribution in [0.2, 0.25) is 0 Å². The SMILES string of the molecule is C=C(/C=C\C)n1ccnc1[C@H](Cc1ccccc1)NC(N)=O.COC.Cc1ccccc1F.O.[HH].[HH]. The summed E-state index contributed by atoms with van der Waals surface area (Å²) in [5.74, 6) is 0.568. The maximum atomic E-state index is 12.3. The Morgan fingerprint density at radius 2 is 1.82 bits per heavy atom. The Labute approximate surface area is 204 Å². The van der Waals surface area contributed by atoms with Gasteiger partial charge < -0.3 is 25.8 Å². The summed E-state index contributed by atoms with van der Waals surface area (Å²) in [5, 5.41) is 2.76. The lowest BCUT2D eigenvalue weighted by atomic mass is 10.1. The van der Waals surface area contributed by atoms with Gasteiger partial charge in [-0.05, 0) is 43.5 Å². The van der Waals surface area contributed by atoms with Crippen LogP contribution in [0.4, 0.5) is 9.18 Å². The highest BCUT2D eigenvalue weighted by molar-refractivity contribution is 5.72. The van der Waals surface area contributed by atoms with Crippen LogP contribution >= 0.6 is 0 Å². The minimum atomic E-state index is -0.577. The van der Waals surface area contributed by atoms with Gasteiger partial charge in [0.2, 0.25) is 0 Å². The van der Waals surface area contributed by atoms with Crippen LogP contribution < -0.4 is 11.1 Å². The van der Waals surface area contributed by atoms with Crippen LogP contribution in [0.5, 0.6) is 0 Å². The van der Waals surface area contributed by atoms with Gasteiger partial charge in [0.25, 0.3) is 0 Å². The molecule has 0 radical (unpaired) electrons. The first kappa shape index (κ1) is 30.2. The van der Waals surface area contributed by atoms with Crippen molar-refractivity contribution < 1.29 is 22.3 Å². The smallest absolute Gasteiger partial charge is 0.312 e. The second kappa shape index (κ2) is 16.8. The van der Waals surface area contributed by atoms with E-state index >= 15 is 0 Å². The van der Waals surface area contributed by atoms with E-state index in [1.54, 1.807) is 39.5 Å². The summed E-state index contributed by atoms with van der Waals surface area (Å²) in [6.07, 6.45) is 7.89. The van der Waals surface area contributed by atoms with Crippen molar-refractivity contribution in [1.29, 1.82) is 0 Å². The summed E-state index contributed by atoms with van der Waals surface area (Å²) in [7, 11) is 3.25. The zero-order chi connectivity index (χ0) is 24.6. The summed E-state index contributed by atoms with van der Waals surface area (Å²) in [4.78, 5) is 15.7. The molecular weight excluding hydrogens is 435 g/mol. The van der Waals surface area contributed by atoms with Crippen molar-refractivity contribution in [1.82, 2.24) is 14.9 Å². The maximum Gasteiger partial charge on any atom is 0.312 e. The Hall–Kier alpha value is -3.75. The lowest BCUT2D eigenvalue weighted by molar-refractivity contribution is 0.244. The fraction of sp³-hybridized carbons (Fsp3) is 0.231. The number of hydrogen-bond acceptors (Lipinski definition) is 3. The van der Waals surface area contributed by atoms with Crippen molar-refractivity contribution in [3.63, 3.8) is 0 Å². The van der Waals surface area contributed by atoms with Gasteiger partial charge in [-0.25, -0.2) is 14.2 Å². The Balaban J connectivity index is -0.000000656. The third-order valence-electron chi connectivity index (χ3n) is 4.33. The van der Waals surface area contributed by atoms with Gasteiger partial charge in [0.05, 0.1) is 6.04 Å². The molecule has 0 saturated carbocycles. The number of aryl methyl sites for hydroxylation is 1. The molecule has 34 heavy (non-hydrogen) atoms. The molecule has 5 N–H and O–H groups in total. The first-order valence-electron chi connectivity index (χ1n) is 10.4. The lowest BCUT2D eigenvalue weighted by Gasteiger charge is -2.19. The van der Waals surface area contributed by atoms with E-state index in [-0.39, 0.29) is 20.2 Å². The Bertz CT molecular complexity index is 1010. The number of nitrogens with two attached hydrogens (primary N) is 1. The van der Waals surface area contributed by atoms with Gasteiger partial charge in [0, 0.05) is 35.2 Å². The molecule has 1 atom stereocenters. The first-order chi connectivity index (χ1) is 15.8. The standard InChI is InChI=1S/C17H20N4O.C7H7F.C2H6O.H2O.2H2/c1-3-7-13(2)21-11-10-19-16(21)15(20-17(18)22)12-14-8-5-4-6-9-14;1-6-4-2-3-5-7(6)8;1-3-2;;;/h3-11,15H,2,12H2,1H3,(H3,18,20,22);2-5H,1H3;1-2H3;1H2;2*1H/b7-3-;;;;;/t15-;;;;;/m0...../s1. The monoisotopic (exact) mass is 474 g/mol. The number of imidazole rings is 1. The van der Waals surface area contributed by atoms with Crippen molar-refractivity contribution >= 4 is 11.7 Å². The number of hydrogen-bond donors (Lipinski definition) is 2. The fourth-order valence-corrected chi connectivity index (χ4v) is 2.87. The van der Waals surface area contributed by atoms with Crippen LogP contribution in [0, 0.1) is 12.7 Å². The van der Waals surface area contributed by atoms with Crippen LogP contribution in [0.1, 0.15) is 32.8 Å². The average Bonchev–Trinajstić information content (AvgIpc) is 3.27. The van der Waals surface area contributed by atoms with E-state index in [0.29, 0.717) is 17.8 Å². The van der Waals surface area contributed by atoms with Gasteiger partial charge in [0.15, 0.2) is 0 Å². The lowest BCUT2D eigenvalue weighted by Crippen LogP contribution is -2.35. The van der Waals surface area contributed by atoms with Crippen LogP contribution in [-0.4, -0.2) is 35.3 Å². The number of rotatable bonds is 6. The number of ether oxygens (including phenoxy) is 1. The van der Waals surface area contributed by atoms with Gasteiger partial charge in [-0.15, -0.1) is 0 Å². The van der Waals surface area contributed by atoms with E-state index in [1.807, 2.05) is 66.2 Å². The second-order valence-electron chi connectivity index (χ2n) is 7.06. The number of amides is 2.